The van der Waals surface area contributed by atoms with Gasteiger partial charge >= 0.3 is 0 Å². The molecule has 2 aromatic carbocycles. The fourth-order valence-electron chi connectivity index (χ4n) is 3.62. The Morgan fingerprint density at radius 1 is 1.14 bits per heavy atom. The molecular weight excluding hydrogens is 374 g/mol. The summed E-state index contributed by atoms with van der Waals surface area (Å²) in [6.45, 7) is 0.708. The van der Waals surface area contributed by atoms with Crippen LogP contribution in [0.1, 0.15) is 36.8 Å². The molecule has 0 radical (unpaired) electrons. The van der Waals surface area contributed by atoms with Crippen LogP contribution in [0.2, 0.25) is 0 Å². The number of anilines is 2. The Balaban J connectivity index is 1.40. The minimum absolute atomic E-state index is 0.0682. The lowest BCUT2D eigenvalue weighted by Crippen LogP contribution is -2.35. The van der Waals surface area contributed by atoms with Crippen molar-refractivity contribution >= 4 is 27.3 Å². The zero-order valence-corrected chi connectivity index (χ0v) is 16.5. The van der Waals surface area contributed by atoms with Gasteiger partial charge in [0, 0.05) is 30.4 Å². The lowest BCUT2D eigenvalue weighted by Gasteiger charge is -2.30. The summed E-state index contributed by atoms with van der Waals surface area (Å²) in [7, 11) is -3.44. The molecule has 0 aromatic heterocycles. The van der Waals surface area contributed by atoms with Crippen molar-refractivity contribution in [2.75, 3.05) is 17.2 Å². The van der Waals surface area contributed by atoms with Crippen LogP contribution in [0.3, 0.4) is 0 Å². The van der Waals surface area contributed by atoms with Crippen LogP contribution in [-0.4, -0.2) is 26.9 Å². The summed E-state index contributed by atoms with van der Waals surface area (Å²) in [5.74, 6) is 0.0682. The molecule has 3 N–H and O–H groups in total. The molecule has 2 aliphatic rings. The third-order valence-electron chi connectivity index (χ3n) is 5.35. The lowest BCUT2D eigenvalue weighted by molar-refractivity contribution is -0.118. The second kappa shape index (κ2) is 7.56. The predicted octanol–water partition coefficient (Wildman–Crippen LogP) is 2.62. The number of nitrogens with zero attached hydrogens (tertiary/aromatic N) is 1. The van der Waals surface area contributed by atoms with Crippen LogP contribution in [0.5, 0.6) is 0 Å². The van der Waals surface area contributed by atoms with Crippen LogP contribution in [0.25, 0.3) is 0 Å². The number of nitrogen functional groups attached to an aromatic ring is 1. The largest absolute Gasteiger partial charge is 0.398 e. The Kier molecular flexibility index (Phi) is 5.12. The highest BCUT2D eigenvalue weighted by molar-refractivity contribution is 7.89. The van der Waals surface area contributed by atoms with Gasteiger partial charge in [0.1, 0.15) is 0 Å². The number of nitrogens with two attached hydrogens (primary N) is 1. The van der Waals surface area contributed by atoms with Gasteiger partial charge in [0.25, 0.3) is 0 Å². The topological polar surface area (TPSA) is 92.5 Å². The summed E-state index contributed by atoms with van der Waals surface area (Å²) in [4.78, 5) is 14.9. The smallest absolute Gasteiger partial charge is 0.240 e. The molecule has 6 nitrogen and oxygen atoms in total. The minimum atomic E-state index is -3.44. The van der Waals surface area contributed by atoms with E-state index < -0.39 is 10.0 Å². The molecule has 28 heavy (non-hydrogen) atoms. The number of carbonyl (C=O) groups is 1. The molecule has 1 heterocycles. The maximum atomic E-state index is 12.8. The predicted molar refractivity (Wildman–Crippen MR) is 110 cm³/mol. The Bertz CT molecular complexity index is 982. The number of aryl methyl sites for hydroxylation is 1. The summed E-state index contributed by atoms with van der Waals surface area (Å²) in [5.41, 5.74) is 9.73. The summed E-state index contributed by atoms with van der Waals surface area (Å²) in [6.07, 6.45) is 4.57. The van der Waals surface area contributed by atoms with Gasteiger partial charge in [0.15, 0.2) is 0 Å². The van der Waals surface area contributed by atoms with Gasteiger partial charge in [0.05, 0.1) is 4.90 Å². The van der Waals surface area contributed by atoms with Gasteiger partial charge in [-0.15, -0.1) is 0 Å². The zero-order chi connectivity index (χ0) is 19.7. The first-order valence-electron chi connectivity index (χ1n) is 9.73. The number of nitrogens with one attached hydrogen (secondary N) is 1. The van der Waals surface area contributed by atoms with Crippen LogP contribution < -0.4 is 15.4 Å². The van der Waals surface area contributed by atoms with Gasteiger partial charge in [-0.2, -0.15) is 0 Å². The maximum absolute atomic E-state index is 12.8. The SMILES string of the molecule is Nc1cccc2c1CCCN2C(=O)CCc1ccc(S(=O)(=O)NC2CC2)cc1. The standard InChI is InChI=1S/C21H25N3O3S/c22-19-4-1-5-20-18(19)3-2-14-24(20)21(25)13-8-15-6-11-17(12-7-15)28(26,27)23-16-9-10-16/h1,4-7,11-12,16,23H,2-3,8-10,13-14,22H2. The number of carbonyl (C=O) groups excluding carboxylic acids is 1. The van der Waals surface area contributed by atoms with Gasteiger partial charge in [-0.05, 0) is 67.5 Å². The van der Waals surface area contributed by atoms with Crippen LogP contribution >= 0.6 is 0 Å². The van der Waals surface area contributed by atoms with Gasteiger partial charge in [-0.1, -0.05) is 18.2 Å². The Morgan fingerprint density at radius 2 is 1.89 bits per heavy atom. The average molecular weight is 400 g/mol. The van der Waals surface area contributed by atoms with Gasteiger partial charge < -0.3 is 10.6 Å². The molecule has 1 saturated carbocycles. The molecule has 4 rings (SSSR count). The molecular formula is C21H25N3O3S. The molecule has 0 unspecified atom stereocenters. The van der Waals surface area contributed by atoms with Crippen LogP contribution in [-0.2, 0) is 27.7 Å². The summed E-state index contributed by atoms with van der Waals surface area (Å²) < 4.78 is 27.1. The van der Waals surface area contributed by atoms with Crippen LogP contribution in [0, 0.1) is 0 Å². The number of fused-ring (bicyclic) bond motifs is 1. The van der Waals surface area contributed by atoms with Crippen molar-refractivity contribution in [1.29, 1.82) is 0 Å². The molecule has 0 saturated heterocycles. The lowest BCUT2D eigenvalue weighted by atomic mass is 9.99. The molecule has 148 valence electrons. The van der Waals surface area contributed by atoms with Crippen molar-refractivity contribution in [3.05, 3.63) is 53.6 Å². The van der Waals surface area contributed by atoms with E-state index in [0.717, 1.165) is 48.2 Å². The zero-order valence-electron chi connectivity index (χ0n) is 15.7. The van der Waals surface area contributed by atoms with Crippen molar-refractivity contribution in [2.24, 2.45) is 0 Å². The third kappa shape index (κ3) is 4.05. The van der Waals surface area contributed by atoms with E-state index in [-0.39, 0.29) is 16.8 Å². The maximum Gasteiger partial charge on any atom is 0.240 e. The highest BCUT2D eigenvalue weighted by Crippen LogP contribution is 2.31. The first kappa shape index (κ1) is 19.0. The molecule has 1 aliphatic heterocycles. The first-order chi connectivity index (χ1) is 13.4. The van der Waals surface area contributed by atoms with Crippen LogP contribution in [0.15, 0.2) is 47.4 Å². The monoisotopic (exact) mass is 399 g/mol. The van der Waals surface area contributed by atoms with E-state index in [1.807, 2.05) is 23.1 Å². The highest BCUT2D eigenvalue weighted by Gasteiger charge is 2.28. The van der Waals surface area contributed by atoms with Crippen molar-refractivity contribution in [3.8, 4) is 0 Å². The van der Waals surface area contributed by atoms with Gasteiger partial charge in [-0.3, -0.25) is 4.79 Å². The van der Waals surface area contributed by atoms with Gasteiger partial charge in [0.2, 0.25) is 15.9 Å². The molecule has 2 aromatic rings. The van der Waals surface area contributed by atoms with E-state index in [9.17, 15) is 13.2 Å². The highest BCUT2D eigenvalue weighted by atomic mass is 32.2. The average Bonchev–Trinajstić information content (AvgIpc) is 3.50. The number of hydrogen-bond donors (Lipinski definition) is 2. The summed E-state index contributed by atoms with van der Waals surface area (Å²) in [6, 6.07) is 12.6. The Labute approximate surface area is 165 Å². The first-order valence-corrected chi connectivity index (χ1v) is 11.2. The second-order valence-corrected chi connectivity index (χ2v) is 9.25. The van der Waals surface area contributed by atoms with Crippen molar-refractivity contribution in [2.45, 2.75) is 49.5 Å². The quantitative estimate of drug-likeness (QED) is 0.731. The third-order valence-corrected chi connectivity index (χ3v) is 6.88. The second-order valence-electron chi connectivity index (χ2n) is 7.53. The van der Waals surface area contributed by atoms with E-state index in [1.165, 1.54) is 0 Å². The number of benzene rings is 2. The summed E-state index contributed by atoms with van der Waals surface area (Å²) in [5, 5.41) is 0. The molecule has 1 fully saturated rings. The number of hydrogen-bond acceptors (Lipinski definition) is 4. The Morgan fingerprint density at radius 3 is 2.61 bits per heavy atom. The minimum Gasteiger partial charge on any atom is -0.398 e. The number of rotatable bonds is 6. The van der Waals surface area contributed by atoms with E-state index >= 15 is 0 Å². The van der Waals surface area contributed by atoms with E-state index in [1.54, 1.807) is 24.3 Å². The van der Waals surface area contributed by atoms with Crippen molar-refractivity contribution in [3.63, 3.8) is 0 Å². The van der Waals surface area contributed by atoms with Crippen molar-refractivity contribution < 1.29 is 13.2 Å². The summed E-state index contributed by atoms with van der Waals surface area (Å²) >= 11 is 0. The fraction of sp³-hybridized carbons (Fsp3) is 0.381. The fourth-order valence-corrected chi connectivity index (χ4v) is 4.93. The molecule has 7 heteroatoms. The number of sulfonamides is 1. The molecule has 1 amide bonds. The molecule has 1 aliphatic carbocycles. The number of amides is 1. The van der Waals surface area contributed by atoms with Gasteiger partial charge in [-0.25, -0.2) is 13.1 Å². The van der Waals surface area contributed by atoms with Crippen LogP contribution in [0.4, 0.5) is 11.4 Å². The van der Waals surface area contributed by atoms with E-state index in [2.05, 4.69) is 4.72 Å². The molecule has 0 bridgehead atoms. The Hall–Kier alpha value is -2.38. The van der Waals surface area contributed by atoms with E-state index in [0.29, 0.717) is 19.4 Å². The normalized spacial score (nSPS) is 16.6. The van der Waals surface area contributed by atoms with Crippen molar-refractivity contribution in [1.82, 2.24) is 4.72 Å². The van der Waals surface area contributed by atoms with E-state index in [4.69, 9.17) is 5.73 Å². The molecule has 0 atom stereocenters. The molecule has 0 spiro atoms.